The molecule has 0 aliphatic carbocycles. The molecule has 0 bridgehead atoms. The van der Waals surface area contributed by atoms with E-state index in [0.717, 1.165) is 53.9 Å². The Morgan fingerprint density at radius 3 is 2.67 bits per heavy atom. The molecule has 9 heteroatoms. The number of aryl methyl sites for hydroxylation is 2. The lowest BCUT2D eigenvalue weighted by molar-refractivity contribution is 0.419. The van der Waals surface area contributed by atoms with E-state index in [0.29, 0.717) is 17.0 Å². The zero-order chi connectivity index (χ0) is 20.8. The van der Waals surface area contributed by atoms with Crippen molar-refractivity contribution in [1.29, 1.82) is 0 Å². The smallest absolute Gasteiger partial charge is 0.164 e. The Labute approximate surface area is 173 Å². The normalized spacial score (nSPS) is 14.6. The third-order valence-electron chi connectivity index (χ3n) is 5.54. The Morgan fingerprint density at radius 2 is 1.90 bits per heavy atom. The minimum absolute atomic E-state index is 0.354. The number of rotatable bonds is 4. The molecule has 1 fully saturated rings. The summed E-state index contributed by atoms with van der Waals surface area (Å²) in [7, 11) is 5.34. The number of nitrogens with one attached hydrogen (secondary N) is 2. The molecule has 1 aliphatic rings. The van der Waals surface area contributed by atoms with Gasteiger partial charge in [-0.15, -0.1) is 0 Å². The van der Waals surface area contributed by atoms with Crippen LogP contribution in [0.3, 0.4) is 0 Å². The molecule has 2 aromatic heterocycles. The monoisotopic (exact) mass is 409 g/mol. The van der Waals surface area contributed by atoms with Crippen molar-refractivity contribution >= 4 is 39.0 Å². The van der Waals surface area contributed by atoms with Gasteiger partial charge in [0.1, 0.15) is 11.3 Å². The van der Waals surface area contributed by atoms with Gasteiger partial charge in [-0.3, -0.25) is 9.36 Å². The van der Waals surface area contributed by atoms with E-state index in [1.807, 2.05) is 23.9 Å². The van der Waals surface area contributed by atoms with Crippen LogP contribution in [-0.4, -0.2) is 52.8 Å². The number of piperazine rings is 1. The number of anilines is 3. The van der Waals surface area contributed by atoms with E-state index in [-0.39, 0.29) is 5.82 Å². The SMILES string of the molecule is COc1cc(N2CCNCC2)cc2c1c(Nc1cc(F)c3nn(C)cc3c1)nn2C. The average molecular weight is 409 g/mol. The van der Waals surface area contributed by atoms with Crippen LogP contribution < -0.4 is 20.3 Å². The predicted octanol–water partition coefficient (Wildman–Crippen LogP) is 2.76. The van der Waals surface area contributed by atoms with E-state index in [1.54, 1.807) is 25.0 Å². The van der Waals surface area contributed by atoms with Crippen molar-refractivity contribution in [3.8, 4) is 5.75 Å². The van der Waals surface area contributed by atoms with Crippen molar-refractivity contribution in [2.75, 3.05) is 43.5 Å². The Kier molecular flexibility index (Phi) is 4.47. The van der Waals surface area contributed by atoms with Gasteiger partial charge in [-0.2, -0.15) is 10.2 Å². The zero-order valence-corrected chi connectivity index (χ0v) is 17.2. The van der Waals surface area contributed by atoms with Gasteiger partial charge in [0, 0.05) is 69.3 Å². The van der Waals surface area contributed by atoms with Gasteiger partial charge in [0.2, 0.25) is 0 Å². The van der Waals surface area contributed by atoms with Gasteiger partial charge in [-0.05, 0) is 18.2 Å². The van der Waals surface area contributed by atoms with Crippen LogP contribution in [0.2, 0.25) is 0 Å². The lowest BCUT2D eigenvalue weighted by Gasteiger charge is -2.29. The summed E-state index contributed by atoms with van der Waals surface area (Å²) in [4.78, 5) is 2.34. The number of methoxy groups -OCH3 is 1. The Bertz CT molecular complexity index is 1240. The van der Waals surface area contributed by atoms with Crippen LogP contribution in [0.1, 0.15) is 0 Å². The molecule has 0 amide bonds. The van der Waals surface area contributed by atoms with E-state index in [1.165, 1.54) is 6.07 Å². The lowest BCUT2D eigenvalue weighted by atomic mass is 10.1. The molecule has 0 radical (unpaired) electrons. The fourth-order valence-corrected chi connectivity index (χ4v) is 4.11. The molecule has 4 aromatic rings. The summed E-state index contributed by atoms with van der Waals surface area (Å²) in [6, 6.07) is 7.49. The summed E-state index contributed by atoms with van der Waals surface area (Å²) in [6.45, 7) is 3.81. The van der Waals surface area contributed by atoms with Gasteiger partial charge in [0.05, 0.1) is 18.0 Å². The van der Waals surface area contributed by atoms with Crippen molar-refractivity contribution in [2.45, 2.75) is 0 Å². The number of hydrogen-bond donors (Lipinski definition) is 2. The molecule has 5 rings (SSSR count). The zero-order valence-electron chi connectivity index (χ0n) is 17.2. The third kappa shape index (κ3) is 3.11. The van der Waals surface area contributed by atoms with Gasteiger partial charge < -0.3 is 20.3 Å². The highest BCUT2D eigenvalue weighted by molar-refractivity contribution is 5.99. The van der Waals surface area contributed by atoms with Gasteiger partial charge in [0.25, 0.3) is 0 Å². The number of benzene rings is 2. The topological polar surface area (TPSA) is 72.2 Å². The number of fused-ring (bicyclic) bond motifs is 2. The maximum atomic E-state index is 14.5. The molecule has 2 N–H and O–H groups in total. The molecule has 2 aromatic carbocycles. The fraction of sp³-hybridized carbons (Fsp3) is 0.333. The highest BCUT2D eigenvalue weighted by atomic mass is 19.1. The highest BCUT2D eigenvalue weighted by Crippen LogP contribution is 2.38. The van der Waals surface area contributed by atoms with Crippen LogP contribution in [0.15, 0.2) is 30.5 Å². The largest absolute Gasteiger partial charge is 0.496 e. The van der Waals surface area contributed by atoms with E-state index < -0.39 is 0 Å². The van der Waals surface area contributed by atoms with Crippen molar-refractivity contribution in [2.24, 2.45) is 14.1 Å². The number of hydrogen-bond acceptors (Lipinski definition) is 6. The fourth-order valence-electron chi connectivity index (χ4n) is 4.11. The summed E-state index contributed by atoms with van der Waals surface area (Å²) < 4.78 is 23.7. The van der Waals surface area contributed by atoms with Gasteiger partial charge in [-0.25, -0.2) is 4.39 Å². The van der Waals surface area contributed by atoms with Crippen LogP contribution in [0.4, 0.5) is 21.6 Å². The number of nitrogens with zero attached hydrogens (tertiary/aromatic N) is 5. The molecule has 3 heterocycles. The molecule has 1 saturated heterocycles. The van der Waals surface area contributed by atoms with Crippen LogP contribution in [0.5, 0.6) is 5.75 Å². The van der Waals surface area contributed by atoms with Crippen LogP contribution in [0, 0.1) is 5.82 Å². The molecular weight excluding hydrogens is 385 g/mol. The summed E-state index contributed by atoms with van der Waals surface area (Å²) in [5, 5.41) is 17.0. The number of halogens is 1. The first-order valence-corrected chi connectivity index (χ1v) is 9.94. The summed E-state index contributed by atoms with van der Waals surface area (Å²) in [5.41, 5.74) is 3.03. The Balaban J connectivity index is 1.58. The predicted molar refractivity (Wildman–Crippen MR) is 116 cm³/mol. The lowest BCUT2D eigenvalue weighted by Crippen LogP contribution is -2.43. The summed E-state index contributed by atoms with van der Waals surface area (Å²) in [5.74, 6) is 0.988. The Hall–Kier alpha value is -3.33. The van der Waals surface area contributed by atoms with Gasteiger partial charge in [0.15, 0.2) is 11.6 Å². The Morgan fingerprint density at radius 1 is 1.10 bits per heavy atom. The van der Waals surface area contributed by atoms with Gasteiger partial charge in [-0.1, -0.05) is 0 Å². The number of aromatic nitrogens is 4. The minimum atomic E-state index is -0.371. The van der Waals surface area contributed by atoms with E-state index in [2.05, 4.69) is 31.8 Å². The van der Waals surface area contributed by atoms with E-state index in [4.69, 9.17) is 4.74 Å². The quantitative estimate of drug-likeness (QED) is 0.540. The molecule has 0 spiro atoms. The van der Waals surface area contributed by atoms with Crippen molar-refractivity contribution in [3.63, 3.8) is 0 Å². The first-order chi connectivity index (χ1) is 14.5. The van der Waals surface area contributed by atoms with Crippen LogP contribution >= 0.6 is 0 Å². The first-order valence-electron chi connectivity index (χ1n) is 9.94. The molecular formula is C21H24FN7O. The van der Waals surface area contributed by atoms with Crippen LogP contribution in [-0.2, 0) is 14.1 Å². The summed E-state index contributed by atoms with van der Waals surface area (Å²) in [6.07, 6.45) is 1.79. The molecule has 30 heavy (non-hydrogen) atoms. The summed E-state index contributed by atoms with van der Waals surface area (Å²) >= 11 is 0. The third-order valence-corrected chi connectivity index (χ3v) is 5.54. The van der Waals surface area contributed by atoms with Crippen molar-refractivity contribution in [3.05, 3.63) is 36.3 Å². The standard InChI is InChI=1S/C21H24FN7O/c1-27-12-13-8-14(9-16(22)20(13)25-27)24-21-19-17(28(2)26-21)10-15(11-18(19)30-3)29-6-4-23-5-7-29/h8-12,23H,4-7H2,1-3H3,(H,24,26). The molecule has 8 nitrogen and oxygen atoms in total. The van der Waals surface area contributed by atoms with Crippen molar-refractivity contribution in [1.82, 2.24) is 24.9 Å². The second-order valence-electron chi connectivity index (χ2n) is 7.58. The van der Waals surface area contributed by atoms with Gasteiger partial charge >= 0.3 is 0 Å². The van der Waals surface area contributed by atoms with Crippen molar-refractivity contribution < 1.29 is 9.13 Å². The first kappa shape index (κ1) is 18.7. The molecule has 0 unspecified atom stereocenters. The molecule has 0 saturated carbocycles. The molecule has 0 atom stereocenters. The average Bonchev–Trinajstić information content (AvgIpc) is 3.27. The second kappa shape index (κ2) is 7.17. The molecule has 1 aliphatic heterocycles. The second-order valence-corrected chi connectivity index (χ2v) is 7.58. The van der Waals surface area contributed by atoms with E-state index in [9.17, 15) is 4.39 Å². The maximum Gasteiger partial charge on any atom is 0.164 e. The maximum absolute atomic E-state index is 14.5. The minimum Gasteiger partial charge on any atom is -0.496 e. The molecule has 156 valence electrons. The van der Waals surface area contributed by atoms with Crippen LogP contribution in [0.25, 0.3) is 21.8 Å². The number of ether oxygens (including phenoxy) is 1. The highest BCUT2D eigenvalue weighted by Gasteiger charge is 2.19. The van der Waals surface area contributed by atoms with E-state index >= 15 is 0 Å².